The lowest BCUT2D eigenvalue weighted by Gasteiger charge is -2.13. The third-order valence-corrected chi connectivity index (χ3v) is 4.24. The van der Waals surface area contributed by atoms with Gasteiger partial charge in [-0.05, 0) is 24.1 Å². The Hall–Kier alpha value is -1.63. The molecule has 1 aromatic heterocycles. The van der Waals surface area contributed by atoms with Crippen molar-refractivity contribution in [3.8, 4) is 5.75 Å². The van der Waals surface area contributed by atoms with Crippen molar-refractivity contribution in [1.82, 2.24) is 10.3 Å². The molecule has 0 aliphatic heterocycles. The molecule has 132 valence electrons. The lowest BCUT2D eigenvalue weighted by Crippen LogP contribution is -2.28. The number of carbonyl (C=O) groups excluding carboxylic acids is 1. The monoisotopic (exact) mass is 369 g/mol. The molecule has 24 heavy (non-hydrogen) atoms. The molecule has 1 amide bonds. The number of amides is 1. The highest BCUT2D eigenvalue weighted by Gasteiger charge is 2.10. The average Bonchev–Trinajstić information content (AvgIpc) is 3.01. The van der Waals surface area contributed by atoms with Crippen molar-refractivity contribution < 1.29 is 9.53 Å². The van der Waals surface area contributed by atoms with E-state index in [0.717, 1.165) is 10.8 Å². The molecule has 0 aliphatic rings. The SMILES string of the molecule is CC(C)c1ccccc1OCCNC(=O)c1csc(CCN)n1.Cl. The fourth-order valence-electron chi connectivity index (χ4n) is 2.16. The molecule has 5 nitrogen and oxygen atoms in total. The van der Waals surface area contributed by atoms with Crippen molar-refractivity contribution in [2.75, 3.05) is 19.7 Å². The van der Waals surface area contributed by atoms with Crippen molar-refractivity contribution in [3.05, 3.63) is 45.9 Å². The van der Waals surface area contributed by atoms with Crippen LogP contribution in [0.5, 0.6) is 5.75 Å². The smallest absolute Gasteiger partial charge is 0.270 e. The Balaban J connectivity index is 0.00000288. The van der Waals surface area contributed by atoms with Gasteiger partial charge in [0, 0.05) is 11.8 Å². The third-order valence-electron chi connectivity index (χ3n) is 3.33. The second kappa shape index (κ2) is 10.3. The summed E-state index contributed by atoms with van der Waals surface area (Å²) in [6, 6.07) is 7.97. The maximum Gasteiger partial charge on any atom is 0.270 e. The number of rotatable bonds is 8. The largest absolute Gasteiger partial charge is 0.491 e. The van der Waals surface area contributed by atoms with Gasteiger partial charge in [0.15, 0.2) is 0 Å². The Morgan fingerprint density at radius 3 is 2.83 bits per heavy atom. The number of thiazole rings is 1. The van der Waals surface area contributed by atoms with E-state index in [1.165, 1.54) is 16.9 Å². The number of nitrogens with zero attached hydrogens (tertiary/aromatic N) is 1. The van der Waals surface area contributed by atoms with E-state index >= 15 is 0 Å². The molecular weight excluding hydrogens is 346 g/mol. The van der Waals surface area contributed by atoms with Crippen LogP contribution in [0.25, 0.3) is 0 Å². The molecule has 2 aromatic rings. The summed E-state index contributed by atoms with van der Waals surface area (Å²) in [5.41, 5.74) is 7.10. The standard InChI is InChI=1S/C17H23N3O2S.ClH/c1-12(2)13-5-3-4-6-15(13)22-10-9-19-17(21)14-11-23-16(20-14)7-8-18;/h3-6,11-12H,7-10,18H2,1-2H3,(H,19,21);1H. The number of benzene rings is 1. The van der Waals surface area contributed by atoms with E-state index in [2.05, 4.69) is 30.2 Å². The minimum Gasteiger partial charge on any atom is -0.491 e. The van der Waals surface area contributed by atoms with Crippen LogP contribution in [0.15, 0.2) is 29.6 Å². The third kappa shape index (κ3) is 5.78. The van der Waals surface area contributed by atoms with Gasteiger partial charge in [0.05, 0.1) is 11.6 Å². The molecule has 0 aliphatic carbocycles. The lowest BCUT2D eigenvalue weighted by atomic mass is 10.0. The lowest BCUT2D eigenvalue weighted by molar-refractivity contribution is 0.0942. The first-order valence-electron chi connectivity index (χ1n) is 7.76. The van der Waals surface area contributed by atoms with Gasteiger partial charge in [-0.25, -0.2) is 4.98 Å². The van der Waals surface area contributed by atoms with Gasteiger partial charge in [0.2, 0.25) is 0 Å². The molecule has 0 saturated heterocycles. The topological polar surface area (TPSA) is 77.2 Å². The Kier molecular flexibility index (Phi) is 8.74. The van der Waals surface area contributed by atoms with Crippen LogP contribution < -0.4 is 15.8 Å². The summed E-state index contributed by atoms with van der Waals surface area (Å²) in [6.07, 6.45) is 0.701. The van der Waals surface area contributed by atoms with Crippen LogP contribution in [-0.4, -0.2) is 30.6 Å². The van der Waals surface area contributed by atoms with E-state index in [0.29, 0.717) is 37.7 Å². The van der Waals surface area contributed by atoms with E-state index < -0.39 is 0 Å². The number of nitrogens with one attached hydrogen (secondary N) is 1. The molecule has 1 aromatic carbocycles. The maximum absolute atomic E-state index is 12.0. The summed E-state index contributed by atoms with van der Waals surface area (Å²) in [6.45, 7) is 5.66. The predicted molar refractivity (Wildman–Crippen MR) is 100 cm³/mol. The first-order chi connectivity index (χ1) is 11.1. The Bertz CT molecular complexity index is 646. The summed E-state index contributed by atoms with van der Waals surface area (Å²) in [5, 5.41) is 5.47. The number of ether oxygens (including phenoxy) is 1. The summed E-state index contributed by atoms with van der Waals surface area (Å²) in [7, 11) is 0. The van der Waals surface area contributed by atoms with Crippen LogP contribution in [0.2, 0.25) is 0 Å². The minimum atomic E-state index is -0.176. The highest BCUT2D eigenvalue weighted by Crippen LogP contribution is 2.25. The number of nitrogens with two attached hydrogens (primary N) is 1. The highest BCUT2D eigenvalue weighted by atomic mass is 35.5. The van der Waals surface area contributed by atoms with E-state index in [1.54, 1.807) is 5.38 Å². The zero-order valence-corrected chi connectivity index (χ0v) is 15.6. The number of para-hydroxylation sites is 1. The Morgan fingerprint density at radius 1 is 1.38 bits per heavy atom. The molecule has 0 spiro atoms. The van der Waals surface area contributed by atoms with Gasteiger partial charge < -0.3 is 15.8 Å². The number of hydrogen-bond donors (Lipinski definition) is 2. The fourth-order valence-corrected chi connectivity index (χ4v) is 2.95. The number of hydrogen-bond acceptors (Lipinski definition) is 5. The summed E-state index contributed by atoms with van der Waals surface area (Å²) in [4.78, 5) is 16.3. The van der Waals surface area contributed by atoms with Gasteiger partial charge >= 0.3 is 0 Å². The van der Waals surface area contributed by atoms with Gasteiger partial charge in [-0.2, -0.15) is 0 Å². The minimum absolute atomic E-state index is 0. The van der Waals surface area contributed by atoms with Crippen molar-refractivity contribution in [2.45, 2.75) is 26.2 Å². The summed E-state index contributed by atoms with van der Waals surface area (Å²) in [5.74, 6) is 1.10. The molecule has 3 N–H and O–H groups in total. The summed E-state index contributed by atoms with van der Waals surface area (Å²) >= 11 is 1.46. The van der Waals surface area contributed by atoms with Crippen LogP contribution in [0, 0.1) is 0 Å². The number of aromatic nitrogens is 1. The molecule has 0 atom stereocenters. The van der Waals surface area contributed by atoms with E-state index in [-0.39, 0.29) is 18.3 Å². The van der Waals surface area contributed by atoms with Crippen molar-refractivity contribution in [1.29, 1.82) is 0 Å². The van der Waals surface area contributed by atoms with Gasteiger partial charge in [-0.3, -0.25) is 4.79 Å². The van der Waals surface area contributed by atoms with Gasteiger partial charge in [0.1, 0.15) is 18.1 Å². The van der Waals surface area contributed by atoms with Crippen LogP contribution in [0.4, 0.5) is 0 Å². The zero-order valence-electron chi connectivity index (χ0n) is 14.0. The molecule has 0 radical (unpaired) electrons. The van der Waals surface area contributed by atoms with Crippen molar-refractivity contribution >= 4 is 29.7 Å². The summed E-state index contributed by atoms with van der Waals surface area (Å²) < 4.78 is 5.78. The fraction of sp³-hybridized carbons (Fsp3) is 0.412. The second-order valence-electron chi connectivity index (χ2n) is 5.46. The van der Waals surface area contributed by atoms with Crippen LogP contribution >= 0.6 is 23.7 Å². The molecule has 7 heteroatoms. The van der Waals surface area contributed by atoms with Crippen molar-refractivity contribution in [3.63, 3.8) is 0 Å². The molecule has 0 bridgehead atoms. The van der Waals surface area contributed by atoms with Crippen LogP contribution in [-0.2, 0) is 6.42 Å². The number of carbonyl (C=O) groups is 1. The normalized spacial score (nSPS) is 10.3. The predicted octanol–water partition coefficient (Wildman–Crippen LogP) is 3.00. The molecule has 0 unspecified atom stereocenters. The van der Waals surface area contributed by atoms with E-state index in [1.807, 2.05) is 18.2 Å². The van der Waals surface area contributed by atoms with E-state index in [9.17, 15) is 4.79 Å². The zero-order chi connectivity index (χ0) is 16.7. The quantitative estimate of drug-likeness (QED) is 0.701. The first-order valence-corrected chi connectivity index (χ1v) is 8.64. The molecule has 0 saturated carbocycles. The Morgan fingerprint density at radius 2 is 2.12 bits per heavy atom. The van der Waals surface area contributed by atoms with Gasteiger partial charge in [-0.15, -0.1) is 23.7 Å². The molecule has 1 heterocycles. The highest BCUT2D eigenvalue weighted by molar-refractivity contribution is 7.09. The van der Waals surface area contributed by atoms with Gasteiger partial charge in [0.25, 0.3) is 5.91 Å². The Labute approximate surface area is 153 Å². The van der Waals surface area contributed by atoms with Crippen LogP contribution in [0.3, 0.4) is 0 Å². The second-order valence-corrected chi connectivity index (χ2v) is 6.40. The first kappa shape index (κ1) is 20.4. The average molecular weight is 370 g/mol. The van der Waals surface area contributed by atoms with Crippen LogP contribution in [0.1, 0.15) is 40.8 Å². The molecule has 2 rings (SSSR count). The molecular formula is C17H24ClN3O2S. The molecule has 0 fully saturated rings. The van der Waals surface area contributed by atoms with Gasteiger partial charge in [-0.1, -0.05) is 32.0 Å². The van der Waals surface area contributed by atoms with Crippen molar-refractivity contribution in [2.24, 2.45) is 5.73 Å². The van der Waals surface area contributed by atoms with E-state index in [4.69, 9.17) is 10.5 Å². The number of halogens is 1. The maximum atomic E-state index is 12.0.